The van der Waals surface area contributed by atoms with Gasteiger partial charge in [-0.15, -0.1) is 18.8 Å². The number of nitrogens with one attached hydrogen (secondary N) is 1. The first-order valence-corrected chi connectivity index (χ1v) is 28.8. The molecule has 9 aromatic rings. The summed E-state index contributed by atoms with van der Waals surface area (Å²) in [5, 5.41) is 15.4. The van der Waals surface area contributed by atoms with E-state index in [-0.39, 0.29) is 42.7 Å². The van der Waals surface area contributed by atoms with Gasteiger partial charge in [0.2, 0.25) is 35.1 Å². The maximum atomic E-state index is 12.5. The van der Waals surface area contributed by atoms with Gasteiger partial charge in [0.05, 0.1) is 6.04 Å². The molecule has 88 heavy (non-hydrogen) atoms. The maximum Gasteiger partial charge on any atom is 0.410 e. The van der Waals surface area contributed by atoms with Gasteiger partial charge in [-0.05, 0) is 175 Å². The second-order valence-electron chi connectivity index (χ2n) is 21.8. The van der Waals surface area contributed by atoms with E-state index in [2.05, 4.69) is 111 Å². The number of hydrogen-bond donors (Lipinski definition) is 1. The van der Waals surface area contributed by atoms with E-state index in [0.29, 0.717) is 65.3 Å². The largest absolute Gasteiger partial charge is 0.444 e. The Balaban J connectivity index is 0.000000161. The van der Waals surface area contributed by atoms with Gasteiger partial charge in [0.15, 0.2) is 0 Å². The predicted octanol–water partition coefficient (Wildman–Crippen LogP) is 11.8. The lowest BCUT2D eigenvalue weighted by atomic mass is 10.2. The van der Waals surface area contributed by atoms with Gasteiger partial charge >= 0.3 is 12.2 Å². The Morgan fingerprint density at radius 3 is 1.31 bits per heavy atom. The van der Waals surface area contributed by atoms with Crippen LogP contribution in [-0.4, -0.2) is 113 Å². The number of carbonyl (C=O) groups is 2. The summed E-state index contributed by atoms with van der Waals surface area (Å²) in [7, 11) is 0. The molecular weight excluding hydrogens is 1210 g/mol. The molecule has 3 aliphatic heterocycles. The van der Waals surface area contributed by atoms with Crippen LogP contribution in [0.1, 0.15) is 144 Å². The number of terminal acetylenes is 1. The number of amides is 2. The SMILES string of the molecule is C#Cc1cccnc1.C(#Cc1ccc(-c2noc(C3CCCN3)n2)nc1)c1cccnc1.CC(C)(C)OC(=O)N1CCCC1c1nc(-c2ccc(Br)cn2)no1.CC(C)(C)OC(=O)N1CCCC1c1nc(-c2ccc(C#Cc3cccnc3)cn2)no1.Cl. The van der Waals surface area contributed by atoms with E-state index in [4.69, 9.17) is 29.5 Å². The first-order chi connectivity index (χ1) is 42.0. The van der Waals surface area contributed by atoms with Crippen molar-refractivity contribution >= 4 is 40.5 Å². The van der Waals surface area contributed by atoms with Gasteiger partial charge in [-0.1, -0.05) is 45.1 Å². The summed E-state index contributed by atoms with van der Waals surface area (Å²) in [5.74, 6) is 17.4. The van der Waals surface area contributed by atoms with Crippen molar-refractivity contribution in [1.82, 2.24) is 75.4 Å². The second kappa shape index (κ2) is 30.6. The first kappa shape index (κ1) is 64.3. The van der Waals surface area contributed by atoms with Crippen molar-refractivity contribution in [1.29, 1.82) is 0 Å². The van der Waals surface area contributed by atoms with Crippen LogP contribution < -0.4 is 5.32 Å². The molecule has 3 atom stereocenters. The highest BCUT2D eigenvalue weighted by atomic mass is 79.9. The molecule has 3 saturated heterocycles. The van der Waals surface area contributed by atoms with Crippen LogP contribution in [0.4, 0.5) is 9.59 Å². The number of hydrogen-bond acceptors (Lipinski definition) is 20. The number of aromatic nitrogens is 12. The highest BCUT2D eigenvalue weighted by molar-refractivity contribution is 9.10. The monoisotopic (exact) mass is 1270 g/mol. The molecule has 0 spiro atoms. The van der Waals surface area contributed by atoms with Gasteiger partial charge in [0.1, 0.15) is 40.4 Å². The Bertz CT molecular complexity index is 3860. The topological polar surface area (TPSA) is 265 Å². The van der Waals surface area contributed by atoms with Crippen molar-refractivity contribution in [2.45, 2.75) is 109 Å². The molecule has 12 heterocycles. The molecule has 0 aromatic carbocycles. The minimum atomic E-state index is -0.560. The molecule has 2 amide bonds. The van der Waals surface area contributed by atoms with Crippen molar-refractivity contribution in [3.05, 3.63) is 179 Å². The first-order valence-electron chi connectivity index (χ1n) is 28.0. The lowest BCUT2D eigenvalue weighted by Gasteiger charge is -2.27. The van der Waals surface area contributed by atoms with Crippen LogP contribution in [-0.2, 0) is 9.47 Å². The normalized spacial score (nSPS) is 15.8. The summed E-state index contributed by atoms with van der Waals surface area (Å²) >= 11 is 3.34. The van der Waals surface area contributed by atoms with E-state index in [1.807, 2.05) is 102 Å². The van der Waals surface area contributed by atoms with E-state index >= 15 is 0 Å². The lowest BCUT2D eigenvalue weighted by Crippen LogP contribution is -2.36. The maximum absolute atomic E-state index is 12.5. The van der Waals surface area contributed by atoms with Crippen molar-refractivity contribution in [2.24, 2.45) is 0 Å². The van der Waals surface area contributed by atoms with Gasteiger partial charge in [0, 0.05) is 101 Å². The zero-order chi connectivity index (χ0) is 61.2. The molecule has 9 aromatic heterocycles. The molecule has 24 heteroatoms. The summed E-state index contributed by atoms with van der Waals surface area (Å²) in [6, 6.07) is 21.8. The smallest absolute Gasteiger partial charge is 0.410 e. The molecule has 22 nitrogen and oxygen atoms in total. The number of nitrogens with zero attached hydrogens (tertiary/aromatic N) is 14. The zero-order valence-corrected chi connectivity index (χ0v) is 51.6. The Hall–Kier alpha value is -9.73. The van der Waals surface area contributed by atoms with Gasteiger partial charge in [-0.2, -0.15) is 15.0 Å². The predicted molar refractivity (Wildman–Crippen MR) is 330 cm³/mol. The van der Waals surface area contributed by atoms with Crippen molar-refractivity contribution < 1.29 is 32.6 Å². The number of rotatable bonds is 6. The summed E-state index contributed by atoms with van der Waals surface area (Å²) in [6.07, 6.45) is 25.0. The molecule has 3 fully saturated rings. The fourth-order valence-electron chi connectivity index (χ4n) is 8.77. The highest BCUT2D eigenvalue weighted by Gasteiger charge is 2.38. The standard InChI is InChI=1S/C23H23N5O3.C18H15N5O.C16H19BrN4O3.C7H5N.ClH/c1-23(2,3)30-22(29)28-13-5-7-19(28)21-26-20(27-31-21)18-11-10-17(15-25-18)9-8-16-6-4-12-24-14-16;1-3-13(11-19-9-1)5-6-14-7-8-15(21-12-14)17-22-18(24-23-17)16-4-2-10-20-16;1-16(2,3)23-15(22)21-8-4-5-12(21)14-19-13(20-24-14)11-7-6-10(17)9-18-11;1-2-7-4-3-5-8-6-7;/h4,6,10-12,14-15,19H,5,7,13H2,1-3H3;1,3,7-9,11-12,16,20H,2,4,10H2;6-7,9,12H,4-5,8H2,1-3H3;1,3-6H;1H. The number of pyridine rings is 6. The Kier molecular flexibility index (Phi) is 22.3. The Morgan fingerprint density at radius 1 is 0.545 bits per heavy atom. The van der Waals surface area contributed by atoms with Crippen molar-refractivity contribution in [3.8, 4) is 70.6 Å². The second-order valence-corrected chi connectivity index (χ2v) is 22.7. The molecule has 3 aliphatic rings. The molecule has 0 bridgehead atoms. The quantitative estimate of drug-likeness (QED) is 0.152. The average molecular weight is 1270 g/mol. The molecule has 0 aliphatic carbocycles. The molecule has 0 saturated carbocycles. The van der Waals surface area contributed by atoms with Crippen molar-refractivity contribution in [2.75, 3.05) is 19.6 Å². The average Bonchev–Trinajstić information content (AvgIpc) is 4.47. The Morgan fingerprint density at radius 2 is 0.955 bits per heavy atom. The van der Waals surface area contributed by atoms with Crippen LogP contribution in [0.2, 0.25) is 0 Å². The van der Waals surface area contributed by atoms with Crippen LogP contribution >= 0.6 is 28.3 Å². The molecule has 0 radical (unpaired) electrons. The third-order valence-electron chi connectivity index (χ3n) is 12.8. The van der Waals surface area contributed by atoms with Crippen LogP contribution in [0.25, 0.3) is 34.6 Å². The molecule has 12 rings (SSSR count). The fourth-order valence-corrected chi connectivity index (χ4v) is 9.00. The molecule has 450 valence electrons. The Labute approximate surface area is 524 Å². The van der Waals surface area contributed by atoms with E-state index in [1.54, 1.807) is 77.7 Å². The summed E-state index contributed by atoms with van der Waals surface area (Å²) in [4.78, 5) is 66.4. The third kappa shape index (κ3) is 18.6. The summed E-state index contributed by atoms with van der Waals surface area (Å²) < 4.78 is 28.0. The highest BCUT2D eigenvalue weighted by Crippen LogP contribution is 2.35. The lowest BCUT2D eigenvalue weighted by molar-refractivity contribution is 0.0190. The molecule has 3 unspecified atom stereocenters. The molecule has 1 N–H and O–H groups in total. The minimum absolute atomic E-state index is 0. The van der Waals surface area contributed by atoms with Crippen LogP contribution in [0.3, 0.4) is 0 Å². The third-order valence-corrected chi connectivity index (χ3v) is 13.3. The van der Waals surface area contributed by atoms with Crippen LogP contribution in [0.5, 0.6) is 0 Å². The van der Waals surface area contributed by atoms with Gasteiger partial charge in [-0.25, -0.2) is 9.59 Å². The molecular formula is C64H63BrClN15O7. The number of halogens is 2. The fraction of sp³-hybridized carbons (Fsp3) is 0.312. The van der Waals surface area contributed by atoms with Crippen LogP contribution in [0, 0.1) is 36.0 Å². The zero-order valence-electron chi connectivity index (χ0n) is 49.2. The van der Waals surface area contributed by atoms with Gasteiger partial charge in [0.25, 0.3) is 0 Å². The number of likely N-dealkylation sites (tertiary alicyclic amines) is 2. The van der Waals surface area contributed by atoms with E-state index in [9.17, 15) is 9.59 Å². The number of carbonyl (C=O) groups excluding carboxylic acids is 2. The van der Waals surface area contributed by atoms with E-state index in [1.165, 1.54) is 0 Å². The van der Waals surface area contributed by atoms with Crippen molar-refractivity contribution in [3.63, 3.8) is 0 Å². The van der Waals surface area contributed by atoms with Gasteiger partial charge < -0.3 is 28.4 Å². The van der Waals surface area contributed by atoms with Gasteiger partial charge in [-0.3, -0.25) is 39.7 Å². The van der Waals surface area contributed by atoms with Crippen LogP contribution in [0.15, 0.2) is 147 Å². The minimum Gasteiger partial charge on any atom is -0.444 e. The summed E-state index contributed by atoms with van der Waals surface area (Å²) in [6.45, 7) is 13.3. The van der Waals surface area contributed by atoms with E-state index in [0.717, 1.165) is 77.4 Å². The number of ether oxygens (including phenoxy) is 2. The van der Waals surface area contributed by atoms with E-state index < -0.39 is 11.2 Å². The summed E-state index contributed by atoms with van der Waals surface area (Å²) in [5.41, 5.74) is 4.89.